The molecule has 0 atom stereocenters. The van der Waals surface area contributed by atoms with E-state index in [1.165, 1.54) is 0 Å². The number of benzene rings is 1. The number of piperazine rings is 1. The summed E-state index contributed by atoms with van der Waals surface area (Å²) in [6.07, 6.45) is 1.85. The zero-order valence-corrected chi connectivity index (χ0v) is 16.7. The van der Waals surface area contributed by atoms with Gasteiger partial charge in [-0.1, -0.05) is 18.2 Å². The first kappa shape index (κ1) is 19.6. The van der Waals surface area contributed by atoms with Crippen LogP contribution in [0.5, 0.6) is 0 Å². The molecule has 0 bridgehead atoms. The van der Waals surface area contributed by atoms with Crippen LogP contribution in [-0.2, 0) is 4.79 Å². The normalized spacial score (nSPS) is 13.9. The second kappa shape index (κ2) is 8.73. The molecule has 1 aliphatic heterocycles. The van der Waals surface area contributed by atoms with Crippen LogP contribution in [0.1, 0.15) is 16.1 Å². The first-order chi connectivity index (χ1) is 14.6. The summed E-state index contributed by atoms with van der Waals surface area (Å²) in [5.41, 5.74) is 1.46. The third-order valence-electron chi connectivity index (χ3n) is 4.99. The predicted molar refractivity (Wildman–Crippen MR) is 111 cm³/mol. The smallest absolute Gasteiger partial charge is 0.251 e. The van der Waals surface area contributed by atoms with Gasteiger partial charge in [-0.3, -0.25) is 9.59 Å². The van der Waals surface area contributed by atoms with Gasteiger partial charge in [-0.05, 0) is 37.3 Å². The molecule has 3 heterocycles. The van der Waals surface area contributed by atoms with Gasteiger partial charge in [-0.15, -0.1) is 10.2 Å². The van der Waals surface area contributed by atoms with Crippen LogP contribution < -0.4 is 10.2 Å². The van der Waals surface area contributed by atoms with Gasteiger partial charge in [0.1, 0.15) is 0 Å². The molecule has 2 amide bonds. The van der Waals surface area contributed by atoms with Crippen molar-refractivity contribution in [3.63, 3.8) is 0 Å². The van der Waals surface area contributed by atoms with Gasteiger partial charge in [0.2, 0.25) is 5.91 Å². The summed E-state index contributed by atoms with van der Waals surface area (Å²) in [5, 5.41) is 15.6. The van der Waals surface area contributed by atoms with Crippen LogP contribution >= 0.6 is 0 Å². The number of aromatic nitrogens is 4. The molecule has 2 aromatic heterocycles. The van der Waals surface area contributed by atoms with E-state index >= 15 is 0 Å². The molecule has 9 heteroatoms. The number of nitrogens with zero attached hydrogens (tertiary/aromatic N) is 6. The zero-order chi connectivity index (χ0) is 20.9. The Morgan fingerprint density at radius 3 is 2.27 bits per heavy atom. The lowest BCUT2D eigenvalue weighted by atomic mass is 10.2. The Morgan fingerprint density at radius 1 is 0.933 bits per heavy atom. The molecule has 0 spiro atoms. The lowest BCUT2D eigenvalue weighted by Crippen LogP contribution is -2.51. The van der Waals surface area contributed by atoms with E-state index in [1.807, 2.05) is 37.4 Å². The van der Waals surface area contributed by atoms with Crippen LogP contribution in [0.2, 0.25) is 0 Å². The first-order valence-electron chi connectivity index (χ1n) is 9.82. The Hall–Kier alpha value is -3.75. The fourth-order valence-electron chi connectivity index (χ4n) is 3.30. The molecule has 0 radical (unpaired) electrons. The van der Waals surface area contributed by atoms with Crippen LogP contribution in [0.4, 0.5) is 5.82 Å². The summed E-state index contributed by atoms with van der Waals surface area (Å²) >= 11 is 0. The van der Waals surface area contributed by atoms with Gasteiger partial charge in [-0.2, -0.15) is 5.10 Å². The Morgan fingerprint density at radius 2 is 1.63 bits per heavy atom. The van der Waals surface area contributed by atoms with Crippen molar-refractivity contribution < 1.29 is 9.59 Å². The number of nitrogens with one attached hydrogen (secondary N) is 1. The van der Waals surface area contributed by atoms with Gasteiger partial charge in [0, 0.05) is 37.9 Å². The van der Waals surface area contributed by atoms with Crippen LogP contribution in [0.3, 0.4) is 0 Å². The molecule has 4 rings (SSSR count). The van der Waals surface area contributed by atoms with Gasteiger partial charge in [-0.25, -0.2) is 4.68 Å². The Labute approximate surface area is 174 Å². The molecule has 0 aliphatic carbocycles. The molecule has 9 nitrogen and oxygen atoms in total. The van der Waals surface area contributed by atoms with Crippen molar-refractivity contribution in [3.05, 3.63) is 66.0 Å². The van der Waals surface area contributed by atoms with E-state index in [9.17, 15) is 9.59 Å². The molecular formula is C21H23N7O2. The maximum atomic E-state index is 12.4. The average molecular weight is 405 g/mol. The lowest BCUT2D eigenvalue weighted by molar-refractivity contribution is -0.130. The zero-order valence-electron chi connectivity index (χ0n) is 16.7. The van der Waals surface area contributed by atoms with E-state index in [4.69, 9.17) is 0 Å². The van der Waals surface area contributed by atoms with Crippen molar-refractivity contribution in [2.45, 2.75) is 6.92 Å². The molecule has 1 fully saturated rings. The summed E-state index contributed by atoms with van der Waals surface area (Å²) in [5.74, 6) is 1.10. The minimum Gasteiger partial charge on any atom is -0.352 e. The van der Waals surface area contributed by atoms with Gasteiger partial charge in [0.25, 0.3) is 5.91 Å². The second-order valence-corrected chi connectivity index (χ2v) is 7.07. The highest BCUT2D eigenvalue weighted by Gasteiger charge is 2.22. The summed E-state index contributed by atoms with van der Waals surface area (Å²) < 4.78 is 1.69. The van der Waals surface area contributed by atoms with Gasteiger partial charge >= 0.3 is 0 Å². The minimum atomic E-state index is -0.245. The summed E-state index contributed by atoms with van der Waals surface area (Å²) in [7, 11) is 0. The first-order valence-corrected chi connectivity index (χ1v) is 9.82. The van der Waals surface area contributed by atoms with Crippen LogP contribution in [0.25, 0.3) is 5.82 Å². The van der Waals surface area contributed by atoms with Crippen molar-refractivity contribution in [2.75, 3.05) is 37.6 Å². The van der Waals surface area contributed by atoms with Crippen molar-refractivity contribution in [1.29, 1.82) is 0 Å². The lowest BCUT2D eigenvalue weighted by Gasteiger charge is -2.35. The van der Waals surface area contributed by atoms with Crippen LogP contribution in [-0.4, -0.2) is 69.4 Å². The third kappa shape index (κ3) is 4.45. The van der Waals surface area contributed by atoms with E-state index < -0.39 is 0 Å². The van der Waals surface area contributed by atoms with E-state index in [0.717, 1.165) is 11.5 Å². The number of carbonyl (C=O) groups excluding carboxylic acids is 2. The third-order valence-corrected chi connectivity index (χ3v) is 4.99. The quantitative estimate of drug-likeness (QED) is 0.682. The fraction of sp³-hybridized carbons (Fsp3) is 0.286. The van der Waals surface area contributed by atoms with Crippen LogP contribution in [0, 0.1) is 6.92 Å². The Kier molecular flexibility index (Phi) is 5.69. The minimum absolute atomic E-state index is 0.00842. The van der Waals surface area contributed by atoms with E-state index in [-0.39, 0.29) is 18.4 Å². The summed E-state index contributed by atoms with van der Waals surface area (Å²) in [6, 6.07) is 14.6. The highest BCUT2D eigenvalue weighted by atomic mass is 16.2. The predicted octanol–water partition coefficient (Wildman–Crippen LogP) is 1.05. The van der Waals surface area contributed by atoms with Gasteiger partial charge < -0.3 is 15.1 Å². The fourth-order valence-corrected chi connectivity index (χ4v) is 3.30. The van der Waals surface area contributed by atoms with Crippen molar-refractivity contribution in [1.82, 2.24) is 30.2 Å². The number of aryl methyl sites for hydroxylation is 1. The maximum absolute atomic E-state index is 12.4. The van der Waals surface area contributed by atoms with E-state index in [2.05, 4.69) is 25.5 Å². The highest BCUT2D eigenvalue weighted by molar-refractivity contribution is 5.96. The topological polar surface area (TPSA) is 96.2 Å². The number of anilines is 1. The number of hydrogen-bond acceptors (Lipinski definition) is 6. The summed E-state index contributed by atoms with van der Waals surface area (Å²) in [4.78, 5) is 28.4. The molecule has 0 saturated carbocycles. The van der Waals surface area contributed by atoms with Crippen molar-refractivity contribution >= 4 is 17.6 Å². The highest BCUT2D eigenvalue weighted by Crippen LogP contribution is 2.14. The van der Waals surface area contributed by atoms with Gasteiger partial charge in [0.15, 0.2) is 11.6 Å². The standard InChI is InChI=1S/C21H23N7O2/c1-16-9-10-28(25-16)19-8-7-18(23-24-19)26-11-13-27(14-12-26)20(29)15-22-21(30)17-5-3-2-4-6-17/h2-10H,11-15H2,1H3,(H,22,30). The maximum Gasteiger partial charge on any atom is 0.251 e. The van der Waals surface area contributed by atoms with E-state index in [0.29, 0.717) is 37.6 Å². The SMILES string of the molecule is Cc1ccn(-c2ccc(N3CCN(C(=O)CNC(=O)c4ccccc4)CC3)nn2)n1. The van der Waals surface area contributed by atoms with Crippen LogP contribution in [0.15, 0.2) is 54.7 Å². The number of carbonyl (C=O) groups is 2. The van der Waals surface area contributed by atoms with Crippen molar-refractivity contribution in [3.8, 4) is 5.82 Å². The number of hydrogen-bond donors (Lipinski definition) is 1. The molecule has 154 valence electrons. The average Bonchev–Trinajstić information content (AvgIpc) is 3.24. The molecular weight excluding hydrogens is 382 g/mol. The number of rotatable bonds is 5. The molecule has 30 heavy (non-hydrogen) atoms. The molecule has 1 aliphatic rings. The summed E-state index contributed by atoms with van der Waals surface area (Å²) in [6.45, 7) is 4.38. The number of amides is 2. The molecule has 3 aromatic rings. The molecule has 0 unspecified atom stereocenters. The second-order valence-electron chi connectivity index (χ2n) is 7.07. The van der Waals surface area contributed by atoms with E-state index in [1.54, 1.807) is 33.8 Å². The Balaban J connectivity index is 1.27. The van der Waals surface area contributed by atoms with Crippen molar-refractivity contribution in [2.24, 2.45) is 0 Å². The Bertz CT molecular complexity index is 1010. The monoisotopic (exact) mass is 405 g/mol. The molecule has 1 saturated heterocycles. The molecule has 1 aromatic carbocycles. The largest absolute Gasteiger partial charge is 0.352 e. The van der Waals surface area contributed by atoms with Gasteiger partial charge in [0.05, 0.1) is 12.2 Å². The molecule has 1 N–H and O–H groups in total.